The zero-order valence-corrected chi connectivity index (χ0v) is 13.0. The molecule has 24 heavy (non-hydrogen) atoms. The van der Waals surface area contributed by atoms with E-state index in [1.165, 1.54) is 5.56 Å². The number of aromatic nitrogens is 4. The van der Waals surface area contributed by atoms with Gasteiger partial charge in [-0.15, -0.1) is 0 Å². The normalized spacial score (nSPS) is 15.8. The molecule has 1 aliphatic rings. The van der Waals surface area contributed by atoms with Crippen molar-refractivity contribution in [1.29, 1.82) is 0 Å². The molecule has 0 saturated heterocycles. The minimum Gasteiger partial charge on any atom is -0.463 e. The standard InChI is InChI=1S/C17H17N5O2/c18-14-13-15-21-16(20-14)24-9-5-1-2-6-11-7-3-4-8-12(11)10-22(15)17(23)19-13/h1-4,7-8H,5-6,9-10H2,(H,19,23)(H2,18,20,21)/b2-1+. The van der Waals surface area contributed by atoms with E-state index in [-0.39, 0.29) is 17.5 Å². The number of aromatic amines is 1. The fraction of sp³-hybridized carbons (Fsp3) is 0.235. The monoisotopic (exact) mass is 323 g/mol. The third-order valence-electron chi connectivity index (χ3n) is 4.10. The number of anilines is 1. The number of ether oxygens (including phenoxy) is 1. The quantitative estimate of drug-likeness (QED) is 0.613. The minimum atomic E-state index is -0.261. The summed E-state index contributed by atoms with van der Waals surface area (Å²) in [5, 5.41) is 0. The first-order valence-electron chi connectivity index (χ1n) is 7.83. The van der Waals surface area contributed by atoms with Gasteiger partial charge in [-0.25, -0.2) is 4.79 Å². The van der Waals surface area contributed by atoms with Crippen LogP contribution in [0.3, 0.4) is 0 Å². The SMILES string of the molecule is Nc1nc2nc3c1[nH]c(=O)n3Cc1ccccc1C/C=C/CCO2. The second-order valence-corrected chi connectivity index (χ2v) is 5.69. The number of hydrogen-bond donors (Lipinski definition) is 2. The number of hydrogen-bond acceptors (Lipinski definition) is 5. The molecule has 122 valence electrons. The molecule has 0 radical (unpaired) electrons. The highest BCUT2D eigenvalue weighted by atomic mass is 16.5. The van der Waals surface area contributed by atoms with Gasteiger partial charge in [0.25, 0.3) is 0 Å². The fourth-order valence-electron chi connectivity index (χ4n) is 2.87. The minimum absolute atomic E-state index is 0.189. The first kappa shape index (κ1) is 14.5. The van der Waals surface area contributed by atoms with Crippen LogP contribution in [-0.2, 0) is 13.0 Å². The topological polar surface area (TPSA) is 98.8 Å². The Morgan fingerprint density at radius 2 is 2.00 bits per heavy atom. The van der Waals surface area contributed by atoms with Crippen molar-refractivity contribution in [3.8, 4) is 6.01 Å². The number of nitrogens with one attached hydrogen (secondary N) is 1. The summed E-state index contributed by atoms with van der Waals surface area (Å²) in [4.78, 5) is 23.6. The van der Waals surface area contributed by atoms with E-state index in [9.17, 15) is 4.79 Å². The van der Waals surface area contributed by atoms with Crippen LogP contribution in [0, 0.1) is 0 Å². The first-order valence-corrected chi connectivity index (χ1v) is 7.83. The highest BCUT2D eigenvalue weighted by molar-refractivity contribution is 5.81. The van der Waals surface area contributed by atoms with Gasteiger partial charge < -0.3 is 15.5 Å². The van der Waals surface area contributed by atoms with Gasteiger partial charge in [0, 0.05) is 0 Å². The first-order chi connectivity index (χ1) is 11.7. The summed E-state index contributed by atoms with van der Waals surface area (Å²) < 4.78 is 7.14. The lowest BCUT2D eigenvalue weighted by Crippen LogP contribution is -2.18. The number of H-pyrrole nitrogens is 1. The van der Waals surface area contributed by atoms with Crippen molar-refractivity contribution in [1.82, 2.24) is 19.5 Å². The molecule has 2 bridgehead atoms. The van der Waals surface area contributed by atoms with Crippen molar-refractivity contribution >= 4 is 17.0 Å². The Kier molecular flexibility index (Phi) is 3.53. The number of rotatable bonds is 0. The maximum atomic E-state index is 12.4. The van der Waals surface area contributed by atoms with Crippen LogP contribution in [0.5, 0.6) is 6.01 Å². The van der Waals surface area contributed by atoms with Gasteiger partial charge >= 0.3 is 11.7 Å². The average molecular weight is 323 g/mol. The van der Waals surface area contributed by atoms with E-state index in [2.05, 4.69) is 33.2 Å². The van der Waals surface area contributed by atoms with E-state index in [0.29, 0.717) is 24.3 Å². The van der Waals surface area contributed by atoms with Crippen LogP contribution in [-0.4, -0.2) is 26.1 Å². The Hall–Kier alpha value is -3.09. The largest absolute Gasteiger partial charge is 0.463 e. The van der Waals surface area contributed by atoms with Crippen LogP contribution in [0.4, 0.5) is 5.82 Å². The number of benzene rings is 1. The predicted molar refractivity (Wildman–Crippen MR) is 91.1 cm³/mol. The summed E-state index contributed by atoms with van der Waals surface area (Å²) in [6.45, 7) is 0.872. The van der Waals surface area contributed by atoms with Gasteiger partial charge in [0.05, 0.1) is 13.2 Å². The molecule has 0 fully saturated rings. The number of imidazole rings is 1. The second kappa shape index (κ2) is 5.84. The molecule has 2 aromatic heterocycles. The van der Waals surface area contributed by atoms with E-state index in [0.717, 1.165) is 18.4 Å². The summed E-state index contributed by atoms with van der Waals surface area (Å²) >= 11 is 0. The number of fused-ring (bicyclic) bond motifs is 2. The molecule has 4 rings (SSSR count). The number of nitrogens with zero attached hydrogens (tertiary/aromatic N) is 3. The summed E-state index contributed by atoms with van der Waals surface area (Å²) in [5.74, 6) is 0.213. The molecule has 3 N–H and O–H groups in total. The van der Waals surface area contributed by atoms with Crippen molar-refractivity contribution in [2.75, 3.05) is 12.3 Å². The summed E-state index contributed by atoms with van der Waals surface area (Å²) in [6, 6.07) is 8.26. The highest BCUT2D eigenvalue weighted by Gasteiger charge is 2.16. The van der Waals surface area contributed by atoms with Crippen molar-refractivity contribution in [3.05, 3.63) is 58.0 Å². The molecule has 0 saturated carbocycles. The Bertz CT molecular complexity index is 986. The molecule has 0 spiro atoms. The Morgan fingerprint density at radius 3 is 2.88 bits per heavy atom. The molecule has 7 nitrogen and oxygen atoms in total. The molecule has 3 aromatic rings. The Balaban J connectivity index is 1.92. The van der Waals surface area contributed by atoms with Crippen LogP contribution in [0.2, 0.25) is 0 Å². The van der Waals surface area contributed by atoms with E-state index in [1.807, 2.05) is 18.2 Å². The fourth-order valence-corrected chi connectivity index (χ4v) is 2.87. The lowest BCUT2D eigenvalue weighted by molar-refractivity contribution is 0.300. The van der Waals surface area contributed by atoms with Crippen LogP contribution in [0.1, 0.15) is 17.5 Å². The van der Waals surface area contributed by atoms with Crippen LogP contribution < -0.4 is 16.2 Å². The van der Waals surface area contributed by atoms with Gasteiger partial charge in [-0.2, -0.15) is 9.97 Å². The Morgan fingerprint density at radius 1 is 1.17 bits per heavy atom. The average Bonchev–Trinajstić information content (AvgIpc) is 2.89. The lowest BCUT2D eigenvalue weighted by atomic mass is 10.0. The zero-order chi connectivity index (χ0) is 16.5. The van der Waals surface area contributed by atoms with Crippen LogP contribution >= 0.6 is 0 Å². The van der Waals surface area contributed by atoms with Crippen LogP contribution in [0.25, 0.3) is 11.2 Å². The van der Waals surface area contributed by atoms with E-state index in [1.54, 1.807) is 4.57 Å². The molecule has 7 heteroatoms. The van der Waals surface area contributed by atoms with Gasteiger partial charge in [-0.05, 0) is 24.0 Å². The molecular formula is C17H17N5O2. The maximum Gasteiger partial charge on any atom is 0.328 e. The molecule has 3 heterocycles. The summed E-state index contributed by atoms with van der Waals surface area (Å²) in [7, 11) is 0. The van der Waals surface area contributed by atoms with Gasteiger partial charge in [0.1, 0.15) is 5.52 Å². The lowest BCUT2D eigenvalue weighted by Gasteiger charge is -2.09. The van der Waals surface area contributed by atoms with E-state index < -0.39 is 0 Å². The van der Waals surface area contributed by atoms with Gasteiger partial charge in [0.2, 0.25) is 0 Å². The maximum absolute atomic E-state index is 12.4. The number of nitrogen functional groups attached to an aromatic ring is 1. The third kappa shape index (κ3) is 2.54. The molecule has 0 amide bonds. The zero-order valence-electron chi connectivity index (χ0n) is 13.0. The van der Waals surface area contributed by atoms with Crippen LogP contribution in [0.15, 0.2) is 41.2 Å². The van der Waals surface area contributed by atoms with Crippen molar-refractivity contribution in [2.45, 2.75) is 19.4 Å². The Labute approximate surface area is 137 Å². The summed E-state index contributed by atoms with van der Waals surface area (Å²) in [5.41, 5.74) is 8.85. The van der Waals surface area contributed by atoms with E-state index in [4.69, 9.17) is 10.5 Å². The summed E-state index contributed by atoms with van der Waals surface area (Å²) in [6.07, 6.45) is 5.75. The highest BCUT2D eigenvalue weighted by Crippen LogP contribution is 2.20. The molecule has 0 atom stereocenters. The second-order valence-electron chi connectivity index (χ2n) is 5.69. The number of allylic oxidation sites excluding steroid dienone is 1. The van der Waals surface area contributed by atoms with Gasteiger partial charge in [0.15, 0.2) is 11.5 Å². The third-order valence-corrected chi connectivity index (χ3v) is 4.10. The molecule has 0 unspecified atom stereocenters. The van der Waals surface area contributed by atoms with Gasteiger partial charge in [-0.1, -0.05) is 36.4 Å². The molecule has 0 aliphatic carbocycles. The predicted octanol–water partition coefficient (Wildman–Crippen LogP) is 1.63. The van der Waals surface area contributed by atoms with E-state index >= 15 is 0 Å². The van der Waals surface area contributed by atoms with Crippen molar-refractivity contribution in [3.63, 3.8) is 0 Å². The van der Waals surface area contributed by atoms with Crippen molar-refractivity contribution < 1.29 is 4.74 Å². The number of nitrogens with two attached hydrogens (primary N) is 1. The molecule has 1 aromatic carbocycles. The van der Waals surface area contributed by atoms with Crippen molar-refractivity contribution in [2.24, 2.45) is 0 Å². The molecular weight excluding hydrogens is 306 g/mol. The van der Waals surface area contributed by atoms with Gasteiger partial charge in [-0.3, -0.25) is 4.57 Å². The smallest absolute Gasteiger partial charge is 0.328 e. The molecule has 1 aliphatic heterocycles.